The van der Waals surface area contributed by atoms with E-state index in [0.29, 0.717) is 43.2 Å². The second-order valence-electron chi connectivity index (χ2n) is 9.41. The van der Waals surface area contributed by atoms with Crippen LogP contribution in [0.1, 0.15) is 49.4 Å². The second kappa shape index (κ2) is 10.4. The lowest BCUT2D eigenvalue weighted by atomic mass is 10.1. The van der Waals surface area contributed by atoms with E-state index in [2.05, 4.69) is 4.98 Å². The van der Waals surface area contributed by atoms with Crippen LogP contribution in [0.5, 0.6) is 10.9 Å². The van der Waals surface area contributed by atoms with Crippen molar-refractivity contribution < 1.29 is 22.7 Å². The minimum absolute atomic E-state index is 0.000773. The number of hydrogen-bond donors (Lipinski definition) is 0. The van der Waals surface area contributed by atoms with Crippen LogP contribution in [0.25, 0.3) is 10.2 Å². The van der Waals surface area contributed by atoms with Gasteiger partial charge in [0, 0.05) is 44.1 Å². The number of thiazole rings is 1. The molecule has 5 rings (SSSR count). The highest BCUT2D eigenvalue weighted by atomic mass is 32.2. The smallest absolute Gasteiger partial charge is 0.274 e. The Morgan fingerprint density at radius 3 is 2.47 bits per heavy atom. The molecule has 2 aromatic carbocycles. The molecular formula is C26H31N3O5S2. The standard InChI is InChI=1S/C26H31N3O5S2/c1-18-5-3-4-14-29(18)36(31,32)22-9-6-19(7-10-22)25(30)28-15-12-20(13-16-28)34-26-27-23-11-8-21(33-2)17-24(23)35-26/h6-11,17-18,20H,3-5,12-16H2,1-2H3. The van der Waals surface area contributed by atoms with Crippen molar-refractivity contribution in [3.8, 4) is 10.9 Å². The molecule has 1 atom stereocenters. The van der Waals surface area contributed by atoms with Crippen LogP contribution in [0.3, 0.4) is 0 Å². The molecule has 0 N–H and O–H groups in total. The number of rotatable bonds is 6. The van der Waals surface area contributed by atoms with E-state index in [1.807, 2.05) is 25.1 Å². The summed E-state index contributed by atoms with van der Waals surface area (Å²) >= 11 is 1.49. The molecule has 1 aromatic heterocycles. The van der Waals surface area contributed by atoms with Crippen molar-refractivity contribution in [3.63, 3.8) is 0 Å². The first-order chi connectivity index (χ1) is 17.3. The number of sulfonamides is 1. The maximum atomic E-state index is 13.1. The third-order valence-corrected chi connectivity index (χ3v) is 9.96. The number of carbonyl (C=O) groups excluding carboxylic acids is 1. The quantitative estimate of drug-likeness (QED) is 0.465. The maximum absolute atomic E-state index is 13.1. The van der Waals surface area contributed by atoms with Crippen molar-refractivity contribution in [2.24, 2.45) is 0 Å². The zero-order chi connectivity index (χ0) is 25.3. The number of methoxy groups -OCH3 is 1. The number of aromatic nitrogens is 1. The molecule has 0 spiro atoms. The maximum Gasteiger partial charge on any atom is 0.274 e. The third-order valence-electron chi connectivity index (χ3n) is 7.02. The van der Waals surface area contributed by atoms with Crippen LogP contribution in [-0.2, 0) is 10.0 Å². The molecule has 192 valence electrons. The summed E-state index contributed by atoms with van der Waals surface area (Å²) in [4.78, 5) is 19.7. The van der Waals surface area contributed by atoms with E-state index in [1.54, 1.807) is 40.6 Å². The predicted molar refractivity (Wildman–Crippen MR) is 139 cm³/mol. The highest BCUT2D eigenvalue weighted by Gasteiger charge is 2.31. The first-order valence-corrected chi connectivity index (χ1v) is 14.6. The molecule has 36 heavy (non-hydrogen) atoms. The Balaban J connectivity index is 1.18. The monoisotopic (exact) mass is 529 g/mol. The van der Waals surface area contributed by atoms with E-state index >= 15 is 0 Å². The van der Waals surface area contributed by atoms with Gasteiger partial charge in [-0.05, 0) is 62.2 Å². The minimum atomic E-state index is -3.55. The minimum Gasteiger partial charge on any atom is -0.497 e. The molecular weight excluding hydrogens is 498 g/mol. The van der Waals surface area contributed by atoms with Crippen molar-refractivity contribution in [1.82, 2.24) is 14.2 Å². The molecule has 0 aliphatic carbocycles. The summed E-state index contributed by atoms with van der Waals surface area (Å²) < 4.78 is 40.1. The highest BCUT2D eigenvalue weighted by Crippen LogP contribution is 2.32. The first-order valence-electron chi connectivity index (χ1n) is 12.4. The van der Waals surface area contributed by atoms with Gasteiger partial charge in [-0.1, -0.05) is 17.8 Å². The molecule has 1 amide bonds. The van der Waals surface area contributed by atoms with Gasteiger partial charge in [0.2, 0.25) is 10.0 Å². The summed E-state index contributed by atoms with van der Waals surface area (Å²) in [6.45, 7) is 3.66. The van der Waals surface area contributed by atoms with E-state index in [1.165, 1.54) is 11.3 Å². The molecule has 1 unspecified atom stereocenters. The second-order valence-corrected chi connectivity index (χ2v) is 12.3. The lowest BCUT2D eigenvalue weighted by Gasteiger charge is -2.32. The normalized spacial score (nSPS) is 19.9. The van der Waals surface area contributed by atoms with Crippen LogP contribution in [0, 0.1) is 0 Å². The fraction of sp³-hybridized carbons (Fsp3) is 0.462. The van der Waals surface area contributed by atoms with Crippen LogP contribution in [-0.4, -0.2) is 67.4 Å². The van der Waals surface area contributed by atoms with Crippen LogP contribution < -0.4 is 9.47 Å². The van der Waals surface area contributed by atoms with Crippen LogP contribution >= 0.6 is 11.3 Å². The van der Waals surface area contributed by atoms with Gasteiger partial charge in [-0.15, -0.1) is 0 Å². The number of carbonyl (C=O) groups is 1. The first kappa shape index (κ1) is 25.0. The molecule has 0 saturated carbocycles. The van der Waals surface area contributed by atoms with Gasteiger partial charge in [-0.3, -0.25) is 4.79 Å². The number of likely N-dealkylation sites (tertiary alicyclic amines) is 1. The summed E-state index contributed by atoms with van der Waals surface area (Å²) in [5.74, 6) is 0.701. The van der Waals surface area contributed by atoms with E-state index in [-0.39, 0.29) is 22.9 Å². The molecule has 0 bridgehead atoms. The zero-order valence-corrected chi connectivity index (χ0v) is 22.2. The molecule has 3 heterocycles. The van der Waals surface area contributed by atoms with Crippen LogP contribution in [0.4, 0.5) is 0 Å². The molecule has 3 aromatic rings. The molecule has 2 aliphatic rings. The molecule has 2 fully saturated rings. The molecule has 0 radical (unpaired) electrons. The average molecular weight is 530 g/mol. The van der Waals surface area contributed by atoms with E-state index in [4.69, 9.17) is 9.47 Å². The molecule has 2 aliphatic heterocycles. The summed E-state index contributed by atoms with van der Waals surface area (Å²) in [5, 5.41) is 0.628. The fourth-order valence-corrected chi connectivity index (χ4v) is 7.51. The SMILES string of the molecule is COc1ccc2nc(OC3CCN(C(=O)c4ccc(S(=O)(=O)N5CCCCC5C)cc4)CC3)sc2c1. The Kier molecular flexibility index (Phi) is 7.18. The van der Waals surface area contributed by atoms with Gasteiger partial charge in [0.25, 0.3) is 11.1 Å². The Morgan fingerprint density at radius 2 is 1.78 bits per heavy atom. The summed E-state index contributed by atoms with van der Waals surface area (Å²) in [5.41, 5.74) is 1.38. The largest absolute Gasteiger partial charge is 0.497 e. The van der Waals surface area contributed by atoms with Gasteiger partial charge in [0.05, 0.1) is 22.2 Å². The van der Waals surface area contributed by atoms with Crippen molar-refractivity contribution in [1.29, 1.82) is 0 Å². The van der Waals surface area contributed by atoms with Gasteiger partial charge in [0.1, 0.15) is 11.9 Å². The Morgan fingerprint density at radius 1 is 1.03 bits per heavy atom. The van der Waals surface area contributed by atoms with E-state index < -0.39 is 10.0 Å². The molecule has 10 heteroatoms. The summed E-state index contributed by atoms with van der Waals surface area (Å²) in [7, 11) is -1.91. The van der Waals surface area contributed by atoms with Crippen molar-refractivity contribution in [2.75, 3.05) is 26.7 Å². The zero-order valence-electron chi connectivity index (χ0n) is 20.6. The Bertz CT molecular complexity index is 1330. The van der Waals surface area contributed by atoms with Crippen molar-refractivity contribution in [3.05, 3.63) is 48.0 Å². The number of piperidine rings is 2. The number of fused-ring (bicyclic) bond motifs is 1. The number of hydrogen-bond acceptors (Lipinski definition) is 7. The van der Waals surface area contributed by atoms with Gasteiger partial charge in [-0.2, -0.15) is 4.31 Å². The molecule has 2 saturated heterocycles. The summed E-state index contributed by atoms with van der Waals surface area (Å²) in [6.07, 6.45) is 4.24. The van der Waals surface area contributed by atoms with E-state index in [9.17, 15) is 13.2 Å². The predicted octanol–water partition coefficient (Wildman–Crippen LogP) is 4.55. The Hall–Kier alpha value is -2.69. The lowest BCUT2D eigenvalue weighted by molar-refractivity contribution is 0.0595. The van der Waals surface area contributed by atoms with Crippen molar-refractivity contribution in [2.45, 2.75) is 56.1 Å². The topological polar surface area (TPSA) is 89.0 Å². The van der Waals surface area contributed by atoms with E-state index in [0.717, 1.165) is 35.2 Å². The number of ether oxygens (including phenoxy) is 2. The number of nitrogens with zero attached hydrogens (tertiary/aromatic N) is 3. The average Bonchev–Trinajstić information content (AvgIpc) is 3.30. The van der Waals surface area contributed by atoms with Crippen molar-refractivity contribution >= 4 is 37.5 Å². The number of amides is 1. The lowest BCUT2D eigenvalue weighted by Crippen LogP contribution is -2.42. The van der Waals surface area contributed by atoms with Gasteiger partial charge in [-0.25, -0.2) is 13.4 Å². The fourth-order valence-electron chi connectivity index (χ4n) is 4.90. The van der Waals surface area contributed by atoms with Gasteiger partial charge < -0.3 is 14.4 Å². The van der Waals surface area contributed by atoms with Crippen LogP contribution in [0.15, 0.2) is 47.4 Å². The Labute approximate surface area is 215 Å². The highest BCUT2D eigenvalue weighted by molar-refractivity contribution is 7.89. The van der Waals surface area contributed by atoms with Gasteiger partial charge in [0.15, 0.2) is 0 Å². The van der Waals surface area contributed by atoms with Crippen LogP contribution in [0.2, 0.25) is 0 Å². The molecule has 8 nitrogen and oxygen atoms in total. The summed E-state index contributed by atoms with van der Waals surface area (Å²) in [6, 6.07) is 12.1. The third kappa shape index (κ3) is 5.07. The number of benzene rings is 2. The van der Waals surface area contributed by atoms with Gasteiger partial charge >= 0.3 is 0 Å².